The quantitative estimate of drug-likeness (QED) is 0.914. The Kier molecular flexibility index (Phi) is 3.55. The minimum atomic E-state index is -0.128. The molecule has 1 aromatic heterocycles. The van der Waals surface area contributed by atoms with Gasteiger partial charge in [0.05, 0.1) is 11.7 Å². The summed E-state index contributed by atoms with van der Waals surface area (Å²) in [5.41, 5.74) is 2.56. The van der Waals surface area contributed by atoms with Gasteiger partial charge in [-0.3, -0.25) is 0 Å². The molecule has 0 saturated carbocycles. The summed E-state index contributed by atoms with van der Waals surface area (Å²) < 4.78 is 15.9. The molecule has 1 aromatic carbocycles. The molecule has 0 spiro atoms. The van der Waals surface area contributed by atoms with Crippen LogP contribution in [0.5, 0.6) is 11.5 Å². The highest BCUT2D eigenvalue weighted by molar-refractivity contribution is 5.90. The molecule has 0 unspecified atom stereocenters. The van der Waals surface area contributed by atoms with Gasteiger partial charge in [-0.05, 0) is 38.8 Å². The zero-order valence-corrected chi connectivity index (χ0v) is 13.7. The number of hydrogen-bond acceptors (Lipinski definition) is 5. The number of amides is 2. The highest BCUT2D eigenvalue weighted by Gasteiger charge is 2.34. The molecule has 2 amide bonds. The molecular weight excluding hydrogens is 310 g/mol. The third kappa shape index (κ3) is 2.46. The summed E-state index contributed by atoms with van der Waals surface area (Å²) in [6, 6.07) is 5.27. The third-order valence-electron chi connectivity index (χ3n) is 4.56. The number of benzene rings is 1. The standard InChI is InChI=1S/C17H19N3O4/c1-10-16(11(2)24-19-10)13-4-3-7-20(13)17(21)18-12-5-6-14-15(8-12)23-9-22-14/h5-6,8,13H,3-4,7,9H2,1-2H3,(H,18,21)/t13-/m1/s1. The van der Waals surface area contributed by atoms with Crippen molar-refractivity contribution in [3.05, 3.63) is 35.2 Å². The number of anilines is 1. The maximum atomic E-state index is 12.7. The molecule has 0 radical (unpaired) electrons. The van der Waals surface area contributed by atoms with Crippen LogP contribution >= 0.6 is 0 Å². The second kappa shape index (κ2) is 5.74. The zero-order valence-electron chi connectivity index (χ0n) is 13.7. The number of aromatic nitrogens is 1. The number of carbonyl (C=O) groups excluding carboxylic acids is 1. The number of rotatable bonds is 2. The highest BCUT2D eigenvalue weighted by Crippen LogP contribution is 2.37. The van der Waals surface area contributed by atoms with Gasteiger partial charge in [0.25, 0.3) is 0 Å². The fourth-order valence-electron chi connectivity index (χ4n) is 3.45. The number of aryl methyl sites for hydroxylation is 2. The number of hydrogen-bond donors (Lipinski definition) is 1. The summed E-state index contributed by atoms with van der Waals surface area (Å²) in [7, 11) is 0. The molecule has 2 aliphatic rings. The van der Waals surface area contributed by atoms with Gasteiger partial charge in [0.2, 0.25) is 6.79 Å². The lowest BCUT2D eigenvalue weighted by Crippen LogP contribution is -2.34. The summed E-state index contributed by atoms with van der Waals surface area (Å²) in [5.74, 6) is 2.12. The van der Waals surface area contributed by atoms with Crippen LogP contribution in [0.2, 0.25) is 0 Å². The van der Waals surface area contributed by atoms with Crippen molar-refractivity contribution in [1.82, 2.24) is 10.1 Å². The number of urea groups is 1. The van der Waals surface area contributed by atoms with E-state index in [4.69, 9.17) is 14.0 Å². The van der Waals surface area contributed by atoms with Crippen molar-refractivity contribution < 1.29 is 18.8 Å². The van der Waals surface area contributed by atoms with Crippen molar-refractivity contribution in [2.24, 2.45) is 0 Å². The minimum absolute atomic E-state index is 0.00487. The summed E-state index contributed by atoms with van der Waals surface area (Å²) >= 11 is 0. The molecule has 1 atom stereocenters. The zero-order chi connectivity index (χ0) is 16.7. The number of ether oxygens (including phenoxy) is 2. The van der Waals surface area contributed by atoms with Crippen molar-refractivity contribution >= 4 is 11.7 Å². The molecule has 7 nitrogen and oxygen atoms in total. The summed E-state index contributed by atoms with van der Waals surface area (Å²) in [4.78, 5) is 14.6. The lowest BCUT2D eigenvalue weighted by molar-refractivity contribution is 0.174. The molecule has 24 heavy (non-hydrogen) atoms. The number of fused-ring (bicyclic) bond motifs is 1. The summed E-state index contributed by atoms with van der Waals surface area (Å²) in [6.45, 7) is 4.73. The van der Waals surface area contributed by atoms with E-state index in [1.165, 1.54) is 0 Å². The van der Waals surface area contributed by atoms with Crippen molar-refractivity contribution in [3.8, 4) is 11.5 Å². The van der Waals surface area contributed by atoms with Gasteiger partial charge in [-0.2, -0.15) is 0 Å². The van der Waals surface area contributed by atoms with Crippen LogP contribution in [0.1, 0.15) is 35.9 Å². The second-order valence-corrected chi connectivity index (χ2v) is 6.09. The maximum absolute atomic E-state index is 12.7. The van der Waals surface area contributed by atoms with E-state index >= 15 is 0 Å². The van der Waals surface area contributed by atoms with Gasteiger partial charge in [0.15, 0.2) is 11.5 Å². The Morgan fingerprint density at radius 2 is 2.12 bits per heavy atom. The van der Waals surface area contributed by atoms with E-state index in [1.807, 2.05) is 24.8 Å². The molecule has 7 heteroatoms. The van der Waals surface area contributed by atoms with E-state index in [0.29, 0.717) is 23.7 Å². The Labute approximate surface area is 139 Å². The van der Waals surface area contributed by atoms with Crippen LogP contribution in [0.25, 0.3) is 0 Å². The fraction of sp³-hybridized carbons (Fsp3) is 0.412. The van der Waals surface area contributed by atoms with Crippen molar-refractivity contribution in [3.63, 3.8) is 0 Å². The van der Waals surface area contributed by atoms with Gasteiger partial charge in [0.1, 0.15) is 5.76 Å². The van der Waals surface area contributed by atoms with Crippen molar-refractivity contribution in [2.75, 3.05) is 18.7 Å². The predicted molar refractivity (Wildman–Crippen MR) is 86.2 cm³/mol. The average molecular weight is 329 g/mol. The normalized spacial score (nSPS) is 18.9. The van der Waals surface area contributed by atoms with Crippen LogP contribution in [-0.4, -0.2) is 29.4 Å². The van der Waals surface area contributed by atoms with E-state index in [1.54, 1.807) is 12.1 Å². The molecule has 2 aromatic rings. The minimum Gasteiger partial charge on any atom is -0.454 e. The lowest BCUT2D eigenvalue weighted by Gasteiger charge is -2.25. The van der Waals surface area contributed by atoms with Gasteiger partial charge in [-0.1, -0.05) is 5.16 Å². The highest BCUT2D eigenvalue weighted by atomic mass is 16.7. The average Bonchev–Trinajstić information content (AvgIpc) is 3.27. The van der Waals surface area contributed by atoms with E-state index in [9.17, 15) is 4.79 Å². The number of likely N-dealkylation sites (tertiary alicyclic amines) is 1. The number of carbonyl (C=O) groups is 1. The van der Waals surface area contributed by atoms with Crippen molar-refractivity contribution in [1.29, 1.82) is 0 Å². The molecule has 2 aliphatic heterocycles. The molecule has 126 valence electrons. The number of nitrogens with one attached hydrogen (secondary N) is 1. The molecule has 0 aliphatic carbocycles. The Balaban J connectivity index is 1.53. The molecule has 4 rings (SSSR count). The smallest absolute Gasteiger partial charge is 0.322 e. The first-order chi connectivity index (χ1) is 11.6. The first kappa shape index (κ1) is 14.9. The molecule has 0 bridgehead atoms. The van der Waals surface area contributed by atoms with Crippen molar-refractivity contribution in [2.45, 2.75) is 32.7 Å². The third-order valence-corrected chi connectivity index (χ3v) is 4.56. The van der Waals surface area contributed by atoms with Gasteiger partial charge in [-0.15, -0.1) is 0 Å². The van der Waals surface area contributed by atoms with Gasteiger partial charge >= 0.3 is 6.03 Å². The molecule has 1 N–H and O–H groups in total. The Hall–Kier alpha value is -2.70. The summed E-state index contributed by atoms with van der Waals surface area (Å²) in [6.07, 6.45) is 1.88. The first-order valence-corrected chi connectivity index (χ1v) is 8.03. The topological polar surface area (TPSA) is 76.8 Å². The van der Waals surface area contributed by atoms with Crippen LogP contribution in [0.15, 0.2) is 22.7 Å². The van der Waals surface area contributed by atoms with Crippen LogP contribution in [0.4, 0.5) is 10.5 Å². The summed E-state index contributed by atoms with van der Waals surface area (Å²) in [5, 5.41) is 6.96. The van der Waals surface area contributed by atoms with Gasteiger partial charge in [0, 0.05) is 23.9 Å². The Morgan fingerprint density at radius 3 is 2.92 bits per heavy atom. The Morgan fingerprint density at radius 1 is 1.29 bits per heavy atom. The first-order valence-electron chi connectivity index (χ1n) is 8.03. The molecule has 1 saturated heterocycles. The maximum Gasteiger partial charge on any atom is 0.322 e. The van der Waals surface area contributed by atoms with Crippen LogP contribution < -0.4 is 14.8 Å². The van der Waals surface area contributed by atoms with E-state index in [-0.39, 0.29) is 18.9 Å². The van der Waals surface area contributed by atoms with Crippen LogP contribution in [0, 0.1) is 13.8 Å². The van der Waals surface area contributed by atoms with E-state index < -0.39 is 0 Å². The lowest BCUT2D eigenvalue weighted by atomic mass is 10.0. The second-order valence-electron chi connectivity index (χ2n) is 6.09. The molecular formula is C17H19N3O4. The van der Waals surface area contributed by atoms with Crippen LogP contribution in [-0.2, 0) is 0 Å². The Bertz CT molecular complexity index is 767. The molecule has 1 fully saturated rings. The fourth-order valence-corrected chi connectivity index (χ4v) is 3.45. The van der Waals surface area contributed by atoms with E-state index in [0.717, 1.165) is 29.9 Å². The van der Waals surface area contributed by atoms with E-state index in [2.05, 4.69) is 10.5 Å². The SMILES string of the molecule is Cc1noc(C)c1[C@H]1CCCN1C(=O)Nc1ccc2c(c1)OCO2. The largest absolute Gasteiger partial charge is 0.454 e. The van der Waals surface area contributed by atoms with Crippen LogP contribution in [0.3, 0.4) is 0 Å². The predicted octanol–water partition coefficient (Wildman–Crippen LogP) is 3.39. The number of nitrogens with zero attached hydrogens (tertiary/aromatic N) is 2. The monoisotopic (exact) mass is 329 g/mol. The van der Waals surface area contributed by atoms with Gasteiger partial charge in [-0.25, -0.2) is 4.79 Å². The molecule has 3 heterocycles. The van der Waals surface area contributed by atoms with Gasteiger partial charge < -0.3 is 24.2 Å².